The van der Waals surface area contributed by atoms with Gasteiger partial charge in [0.2, 0.25) is 11.6 Å². The van der Waals surface area contributed by atoms with Gasteiger partial charge in [0.05, 0.1) is 0 Å². The van der Waals surface area contributed by atoms with E-state index in [-0.39, 0.29) is 45.1 Å². The Morgan fingerprint density at radius 3 is 1.39 bits per heavy atom. The lowest BCUT2D eigenvalue weighted by Gasteiger charge is -2.20. The van der Waals surface area contributed by atoms with E-state index in [0.717, 1.165) is 13.1 Å². The van der Waals surface area contributed by atoms with E-state index < -0.39 is 0 Å². The molecule has 2 fully saturated rings. The fraction of sp³-hybridized carbons (Fsp3) is 0.500. The number of rotatable bonds is 2. The summed E-state index contributed by atoms with van der Waals surface area (Å²) in [6, 6.07) is 0.494. The zero-order valence-corrected chi connectivity index (χ0v) is 11.5. The summed E-state index contributed by atoms with van der Waals surface area (Å²) >= 11 is 12.1. The van der Waals surface area contributed by atoms with E-state index in [4.69, 9.17) is 23.2 Å². The molecule has 0 saturated carbocycles. The van der Waals surface area contributed by atoms with Crippen LogP contribution in [0.3, 0.4) is 0 Å². The van der Waals surface area contributed by atoms with Gasteiger partial charge < -0.3 is 9.80 Å². The van der Waals surface area contributed by atoms with Crippen molar-refractivity contribution >= 4 is 34.8 Å². The lowest BCUT2D eigenvalue weighted by atomic mass is 10.1. The fourth-order valence-electron chi connectivity index (χ4n) is 2.23. The van der Waals surface area contributed by atoms with Gasteiger partial charge in [0.1, 0.15) is 21.5 Å². The van der Waals surface area contributed by atoms with Gasteiger partial charge in [-0.1, -0.05) is 23.2 Å². The van der Waals surface area contributed by atoms with Crippen molar-refractivity contribution in [2.24, 2.45) is 0 Å². The molecule has 0 bridgehead atoms. The Hall–Kier alpha value is -1.00. The maximum atomic E-state index is 12.2. The Balaban J connectivity index is 2.00. The van der Waals surface area contributed by atoms with Crippen molar-refractivity contribution in [1.29, 1.82) is 0 Å². The Morgan fingerprint density at radius 2 is 1.17 bits per heavy atom. The third kappa shape index (κ3) is 1.59. The van der Waals surface area contributed by atoms with E-state index in [9.17, 15) is 9.59 Å². The Bertz CT molecular complexity index is 490. The highest BCUT2D eigenvalue weighted by Crippen LogP contribution is 2.40. The zero-order valence-electron chi connectivity index (χ0n) is 10.0. The number of halogens is 2. The molecular formula is C12H12Cl2N2O2. The molecule has 0 radical (unpaired) electrons. The second kappa shape index (κ2) is 3.75. The SMILES string of the molecule is C[C@H]1CN1C1=C(Cl)C(=O)C(N2C[C@@H]2C)=C(Cl)C1=O. The van der Waals surface area contributed by atoms with Gasteiger partial charge in [-0.05, 0) is 13.8 Å². The summed E-state index contributed by atoms with van der Waals surface area (Å²) in [7, 11) is 0. The van der Waals surface area contributed by atoms with Crippen LogP contribution in [0, 0.1) is 0 Å². The quantitative estimate of drug-likeness (QED) is 0.569. The van der Waals surface area contributed by atoms with Crippen LogP contribution in [0.25, 0.3) is 0 Å². The molecule has 0 unspecified atom stereocenters. The van der Waals surface area contributed by atoms with E-state index in [2.05, 4.69) is 0 Å². The number of allylic oxidation sites excluding steroid dienone is 2. The van der Waals surface area contributed by atoms with E-state index in [0.29, 0.717) is 0 Å². The topological polar surface area (TPSA) is 40.2 Å². The Labute approximate surface area is 115 Å². The number of carbonyl (C=O) groups excluding carboxylic acids is 2. The second-order valence-corrected chi connectivity index (χ2v) is 5.74. The van der Waals surface area contributed by atoms with Crippen molar-refractivity contribution < 1.29 is 9.59 Å². The van der Waals surface area contributed by atoms with E-state index in [1.807, 2.05) is 13.8 Å². The van der Waals surface area contributed by atoms with Crippen LogP contribution in [0.1, 0.15) is 13.8 Å². The van der Waals surface area contributed by atoms with Crippen LogP contribution >= 0.6 is 23.2 Å². The Kier molecular flexibility index (Phi) is 2.51. The molecule has 2 atom stereocenters. The van der Waals surface area contributed by atoms with Crippen LogP contribution in [-0.2, 0) is 9.59 Å². The molecule has 0 amide bonds. The van der Waals surface area contributed by atoms with Gasteiger partial charge in [-0.15, -0.1) is 0 Å². The number of carbonyl (C=O) groups is 2. The molecular weight excluding hydrogens is 275 g/mol. The first-order valence-electron chi connectivity index (χ1n) is 5.85. The highest BCUT2D eigenvalue weighted by Gasteiger charge is 2.47. The summed E-state index contributed by atoms with van der Waals surface area (Å²) in [6.07, 6.45) is 0. The molecule has 3 rings (SSSR count). The molecule has 0 N–H and O–H groups in total. The molecule has 2 heterocycles. The minimum absolute atomic E-state index is 0.00264. The molecule has 96 valence electrons. The van der Waals surface area contributed by atoms with Crippen LogP contribution in [0.15, 0.2) is 21.5 Å². The van der Waals surface area contributed by atoms with Gasteiger partial charge >= 0.3 is 0 Å². The third-order valence-corrected chi connectivity index (χ3v) is 4.24. The number of hydrogen-bond acceptors (Lipinski definition) is 4. The van der Waals surface area contributed by atoms with E-state index in [1.165, 1.54) is 0 Å². The van der Waals surface area contributed by atoms with Gasteiger partial charge in [-0.2, -0.15) is 0 Å². The lowest BCUT2D eigenvalue weighted by molar-refractivity contribution is -0.117. The summed E-state index contributed by atoms with van der Waals surface area (Å²) < 4.78 is 0. The van der Waals surface area contributed by atoms with Crippen molar-refractivity contribution in [2.75, 3.05) is 13.1 Å². The molecule has 2 saturated heterocycles. The minimum Gasteiger partial charge on any atom is -0.360 e. The van der Waals surface area contributed by atoms with Crippen LogP contribution in [0.2, 0.25) is 0 Å². The first kappa shape index (κ1) is 12.1. The van der Waals surface area contributed by atoms with E-state index >= 15 is 0 Å². The number of ketones is 2. The van der Waals surface area contributed by atoms with Gasteiger partial charge in [-0.3, -0.25) is 9.59 Å². The predicted octanol–water partition coefficient (Wildman–Crippen LogP) is 1.45. The smallest absolute Gasteiger partial charge is 0.224 e. The molecule has 2 aliphatic heterocycles. The van der Waals surface area contributed by atoms with Gasteiger partial charge in [0.15, 0.2) is 0 Å². The van der Waals surface area contributed by atoms with Crippen molar-refractivity contribution in [1.82, 2.24) is 9.80 Å². The molecule has 0 aromatic heterocycles. The third-order valence-electron chi connectivity index (χ3n) is 3.54. The molecule has 0 spiro atoms. The van der Waals surface area contributed by atoms with Crippen molar-refractivity contribution in [2.45, 2.75) is 25.9 Å². The fourth-order valence-corrected chi connectivity index (χ4v) is 2.80. The molecule has 18 heavy (non-hydrogen) atoms. The zero-order chi connectivity index (χ0) is 13.2. The monoisotopic (exact) mass is 286 g/mol. The van der Waals surface area contributed by atoms with Crippen molar-refractivity contribution in [3.8, 4) is 0 Å². The lowest BCUT2D eigenvalue weighted by Crippen LogP contribution is -2.28. The summed E-state index contributed by atoms with van der Waals surface area (Å²) in [5.41, 5.74) is 0.523. The van der Waals surface area contributed by atoms with Gasteiger partial charge in [0, 0.05) is 25.2 Å². The summed E-state index contributed by atoms with van der Waals surface area (Å²) in [5.74, 6) is -0.667. The number of nitrogens with zero attached hydrogens (tertiary/aromatic N) is 2. The molecule has 1 aliphatic carbocycles. The van der Waals surface area contributed by atoms with Crippen LogP contribution < -0.4 is 0 Å². The highest BCUT2D eigenvalue weighted by molar-refractivity contribution is 6.56. The van der Waals surface area contributed by atoms with Crippen LogP contribution in [0.4, 0.5) is 0 Å². The average Bonchev–Trinajstić information content (AvgIpc) is 3.19. The second-order valence-electron chi connectivity index (χ2n) is 4.99. The van der Waals surface area contributed by atoms with Crippen LogP contribution in [-0.4, -0.2) is 46.5 Å². The van der Waals surface area contributed by atoms with Crippen molar-refractivity contribution in [3.63, 3.8) is 0 Å². The van der Waals surface area contributed by atoms with Crippen molar-refractivity contribution in [3.05, 3.63) is 21.5 Å². The summed E-state index contributed by atoms with van der Waals surface area (Å²) in [5, 5.41) is 0.00528. The van der Waals surface area contributed by atoms with Crippen LogP contribution in [0.5, 0.6) is 0 Å². The van der Waals surface area contributed by atoms with Gasteiger partial charge in [-0.25, -0.2) is 0 Å². The molecule has 0 aromatic carbocycles. The summed E-state index contributed by atoms with van der Waals surface area (Å²) in [4.78, 5) is 28.0. The largest absolute Gasteiger partial charge is 0.360 e. The molecule has 6 heteroatoms. The molecule has 3 aliphatic rings. The number of Topliss-reactive ketones (excluding diaryl/α,β-unsaturated/α-hetero) is 2. The molecule has 0 aromatic rings. The Morgan fingerprint density at radius 1 is 0.889 bits per heavy atom. The van der Waals surface area contributed by atoms with E-state index in [1.54, 1.807) is 9.80 Å². The average molecular weight is 287 g/mol. The predicted molar refractivity (Wildman–Crippen MR) is 68.1 cm³/mol. The van der Waals surface area contributed by atoms with Gasteiger partial charge in [0.25, 0.3) is 0 Å². The maximum Gasteiger partial charge on any atom is 0.224 e. The minimum atomic E-state index is -0.334. The first-order valence-corrected chi connectivity index (χ1v) is 6.61. The highest BCUT2D eigenvalue weighted by atomic mass is 35.5. The number of hydrogen-bond donors (Lipinski definition) is 0. The first-order chi connectivity index (χ1) is 8.43. The normalized spacial score (nSPS) is 31.6. The molecule has 4 nitrogen and oxygen atoms in total. The summed E-state index contributed by atoms with van der Waals surface area (Å²) in [6.45, 7) is 5.41. The maximum absolute atomic E-state index is 12.2. The standard InChI is InChI=1S/C12H12Cl2N2O2/c1-5-3-15(5)9-7(13)12(18)10(8(14)11(9)17)16-4-6(16)2/h5-6H,3-4H2,1-2H3/t5-,6-,15?,16?/m0/s1.